The van der Waals surface area contributed by atoms with Crippen molar-refractivity contribution < 1.29 is 18.8 Å². The number of aromatic nitrogens is 2. The summed E-state index contributed by atoms with van der Waals surface area (Å²) in [4.78, 5) is 15.7. The third-order valence-corrected chi connectivity index (χ3v) is 4.06. The monoisotopic (exact) mass is 290 g/mol. The molecule has 1 N–H and O–H groups in total. The number of halogens is 1. The van der Waals surface area contributed by atoms with E-state index in [9.17, 15) is 14.3 Å². The minimum atomic E-state index is -0.728. The molecule has 1 aromatic heterocycles. The molecule has 0 spiro atoms. The second-order valence-electron chi connectivity index (χ2n) is 5.69. The van der Waals surface area contributed by atoms with Crippen molar-refractivity contribution in [1.29, 1.82) is 0 Å². The molecule has 21 heavy (non-hydrogen) atoms. The van der Waals surface area contributed by atoms with E-state index in [1.54, 1.807) is 0 Å². The summed E-state index contributed by atoms with van der Waals surface area (Å²) >= 11 is 0. The van der Waals surface area contributed by atoms with Crippen LogP contribution in [0.25, 0.3) is 11.4 Å². The summed E-state index contributed by atoms with van der Waals surface area (Å²) in [6.45, 7) is 1.99. The second-order valence-corrected chi connectivity index (χ2v) is 5.69. The lowest BCUT2D eigenvalue weighted by Crippen LogP contribution is -2.29. The average molecular weight is 290 g/mol. The first-order valence-electron chi connectivity index (χ1n) is 6.83. The highest BCUT2D eigenvalue weighted by molar-refractivity contribution is 5.79. The molecule has 0 saturated heterocycles. The highest BCUT2D eigenvalue weighted by Crippen LogP contribution is 2.37. The van der Waals surface area contributed by atoms with Gasteiger partial charge < -0.3 is 9.63 Å². The lowest BCUT2D eigenvalue weighted by atomic mass is 9.75. The van der Waals surface area contributed by atoms with E-state index in [4.69, 9.17) is 4.52 Å². The smallest absolute Gasteiger partial charge is 0.232 e. The van der Waals surface area contributed by atoms with Crippen LogP contribution < -0.4 is 0 Å². The van der Waals surface area contributed by atoms with Gasteiger partial charge in [-0.25, -0.2) is 4.39 Å². The molecule has 0 bridgehead atoms. The van der Waals surface area contributed by atoms with E-state index in [0.717, 1.165) is 6.07 Å². The molecular formula is C15H15FN2O3. The summed E-state index contributed by atoms with van der Waals surface area (Å²) in [6, 6.07) is 3.94. The van der Waals surface area contributed by atoms with Crippen molar-refractivity contribution >= 4 is 5.78 Å². The zero-order valence-corrected chi connectivity index (χ0v) is 11.6. The molecule has 0 unspecified atom stereocenters. The van der Waals surface area contributed by atoms with Crippen LogP contribution in [0.1, 0.15) is 38.5 Å². The van der Waals surface area contributed by atoms with Crippen LogP contribution in [-0.2, 0) is 10.2 Å². The maximum absolute atomic E-state index is 13.4. The van der Waals surface area contributed by atoms with Gasteiger partial charge in [-0.3, -0.25) is 4.79 Å². The zero-order valence-electron chi connectivity index (χ0n) is 11.6. The van der Waals surface area contributed by atoms with Crippen LogP contribution in [0, 0.1) is 5.82 Å². The second kappa shape index (κ2) is 4.95. The molecule has 1 aromatic carbocycles. The molecular weight excluding hydrogens is 275 g/mol. The average Bonchev–Trinajstić information content (AvgIpc) is 2.96. The molecule has 3 rings (SSSR count). The van der Waals surface area contributed by atoms with Gasteiger partial charge in [0, 0.05) is 23.8 Å². The Kier molecular flexibility index (Phi) is 3.23. The fourth-order valence-corrected chi connectivity index (χ4v) is 2.53. The highest BCUT2D eigenvalue weighted by Gasteiger charge is 2.37. The molecule has 110 valence electrons. The lowest BCUT2D eigenvalue weighted by Gasteiger charge is -2.28. The van der Waals surface area contributed by atoms with Gasteiger partial charge in [-0.15, -0.1) is 0 Å². The van der Waals surface area contributed by atoms with Gasteiger partial charge in [0.25, 0.3) is 0 Å². The maximum Gasteiger partial charge on any atom is 0.232 e. The van der Waals surface area contributed by atoms with Gasteiger partial charge in [0.15, 0.2) is 11.6 Å². The molecule has 1 aliphatic carbocycles. The fraction of sp³-hybridized carbons (Fsp3) is 0.400. The van der Waals surface area contributed by atoms with E-state index in [0.29, 0.717) is 37.1 Å². The molecule has 1 fully saturated rings. The first-order valence-corrected chi connectivity index (χ1v) is 6.83. The van der Waals surface area contributed by atoms with Crippen LogP contribution in [0.3, 0.4) is 0 Å². The first-order chi connectivity index (χ1) is 9.98. The van der Waals surface area contributed by atoms with E-state index in [2.05, 4.69) is 10.1 Å². The Morgan fingerprint density at radius 3 is 2.71 bits per heavy atom. The molecule has 1 aliphatic rings. The van der Waals surface area contributed by atoms with Crippen LogP contribution in [-0.4, -0.2) is 21.0 Å². The number of rotatable bonds is 2. The van der Waals surface area contributed by atoms with E-state index in [1.807, 2.05) is 6.92 Å². The van der Waals surface area contributed by atoms with E-state index >= 15 is 0 Å². The number of phenolic OH excluding ortho intramolecular Hbond substituents is 1. The van der Waals surface area contributed by atoms with Crippen LogP contribution in [0.2, 0.25) is 0 Å². The Morgan fingerprint density at radius 2 is 2.05 bits per heavy atom. The summed E-state index contributed by atoms with van der Waals surface area (Å²) in [5.41, 5.74) is 0.130. The summed E-state index contributed by atoms with van der Waals surface area (Å²) < 4.78 is 18.7. The molecule has 2 aromatic rings. The molecule has 1 heterocycles. The number of carbonyl (C=O) groups is 1. The number of benzene rings is 1. The molecule has 0 atom stereocenters. The number of hydrogen-bond donors (Lipinski definition) is 1. The Hall–Kier alpha value is -2.24. The summed E-state index contributed by atoms with van der Waals surface area (Å²) in [5, 5.41) is 13.1. The van der Waals surface area contributed by atoms with Crippen molar-refractivity contribution in [2.75, 3.05) is 0 Å². The normalized spacial score (nSPS) is 17.9. The van der Waals surface area contributed by atoms with Crippen LogP contribution in [0.5, 0.6) is 5.75 Å². The van der Waals surface area contributed by atoms with Crippen molar-refractivity contribution in [2.24, 2.45) is 0 Å². The van der Waals surface area contributed by atoms with Gasteiger partial charge in [0.1, 0.15) is 5.78 Å². The molecule has 0 aliphatic heterocycles. The SMILES string of the molecule is CC1(c2nc(-c3ccc(O)c(F)c3)no2)CCC(=O)CC1. The van der Waals surface area contributed by atoms with Crippen molar-refractivity contribution in [3.63, 3.8) is 0 Å². The van der Waals surface area contributed by atoms with Gasteiger partial charge in [0.05, 0.1) is 0 Å². The standard InChI is InChI=1S/C15H15FN2O3/c1-15(6-4-10(19)5-7-15)14-17-13(18-21-14)9-2-3-12(20)11(16)8-9/h2-3,8,20H,4-7H2,1H3. The van der Waals surface area contributed by atoms with E-state index < -0.39 is 11.6 Å². The predicted molar refractivity (Wildman–Crippen MR) is 72.2 cm³/mol. The number of hydrogen-bond acceptors (Lipinski definition) is 5. The molecule has 1 saturated carbocycles. The number of aromatic hydroxyl groups is 1. The Balaban J connectivity index is 1.89. The Bertz CT molecular complexity index is 686. The van der Waals surface area contributed by atoms with Crippen LogP contribution >= 0.6 is 0 Å². The topological polar surface area (TPSA) is 76.2 Å². The van der Waals surface area contributed by atoms with Crippen molar-refractivity contribution in [3.8, 4) is 17.1 Å². The summed E-state index contributed by atoms with van der Waals surface area (Å²) in [7, 11) is 0. The van der Waals surface area contributed by atoms with Crippen LogP contribution in [0.15, 0.2) is 22.7 Å². The Labute approximate surface area is 120 Å². The quantitative estimate of drug-likeness (QED) is 0.920. The van der Waals surface area contributed by atoms with Gasteiger partial charge in [0.2, 0.25) is 11.7 Å². The summed E-state index contributed by atoms with van der Waals surface area (Å²) in [5.74, 6) is -0.137. The highest BCUT2D eigenvalue weighted by atomic mass is 19.1. The third kappa shape index (κ3) is 2.53. The zero-order chi connectivity index (χ0) is 15.0. The number of nitrogens with zero attached hydrogens (tertiary/aromatic N) is 2. The largest absolute Gasteiger partial charge is 0.505 e. The number of phenols is 1. The molecule has 6 heteroatoms. The fourth-order valence-electron chi connectivity index (χ4n) is 2.53. The third-order valence-electron chi connectivity index (χ3n) is 4.06. The van der Waals surface area contributed by atoms with Crippen molar-refractivity contribution in [2.45, 2.75) is 38.0 Å². The minimum absolute atomic E-state index is 0.257. The van der Waals surface area contributed by atoms with Crippen LogP contribution in [0.4, 0.5) is 4.39 Å². The number of Topliss-reactive ketones (excluding diaryl/α,β-unsaturated/α-hetero) is 1. The lowest BCUT2D eigenvalue weighted by molar-refractivity contribution is -0.121. The van der Waals surface area contributed by atoms with Crippen molar-refractivity contribution in [1.82, 2.24) is 10.1 Å². The van der Waals surface area contributed by atoms with E-state index in [1.165, 1.54) is 12.1 Å². The minimum Gasteiger partial charge on any atom is -0.505 e. The molecule has 0 amide bonds. The van der Waals surface area contributed by atoms with Gasteiger partial charge in [-0.1, -0.05) is 12.1 Å². The first kappa shape index (κ1) is 13.7. The van der Waals surface area contributed by atoms with E-state index in [-0.39, 0.29) is 17.0 Å². The van der Waals surface area contributed by atoms with Crippen molar-refractivity contribution in [3.05, 3.63) is 29.9 Å². The number of ketones is 1. The van der Waals surface area contributed by atoms with Gasteiger partial charge in [-0.05, 0) is 31.0 Å². The van der Waals surface area contributed by atoms with Gasteiger partial charge in [-0.2, -0.15) is 4.98 Å². The summed E-state index contributed by atoms with van der Waals surface area (Å²) in [6.07, 6.45) is 2.39. The molecule has 5 nitrogen and oxygen atoms in total. The number of carbonyl (C=O) groups excluding carboxylic acids is 1. The predicted octanol–water partition coefficient (Wildman–Crippen LogP) is 2.98. The van der Waals surface area contributed by atoms with Gasteiger partial charge >= 0.3 is 0 Å². The molecule has 0 radical (unpaired) electrons. The Morgan fingerprint density at radius 1 is 1.33 bits per heavy atom. The maximum atomic E-state index is 13.4.